The van der Waals surface area contributed by atoms with E-state index in [1.807, 2.05) is 0 Å². The molecule has 1 aliphatic rings. The minimum Gasteiger partial charge on any atom is -0.304 e. The van der Waals surface area contributed by atoms with Crippen molar-refractivity contribution in [1.82, 2.24) is 9.80 Å². The zero-order valence-electron chi connectivity index (χ0n) is 7.75. The molecular weight excluding hydrogens is 136 g/mol. The molecule has 0 amide bonds. The van der Waals surface area contributed by atoms with Crippen molar-refractivity contribution >= 4 is 0 Å². The van der Waals surface area contributed by atoms with Gasteiger partial charge in [0.25, 0.3) is 0 Å². The predicted octanol–water partition coefficient (Wildman–Crippen LogP) is 0.502. The Morgan fingerprint density at radius 3 is 2.09 bits per heavy atom. The zero-order valence-corrected chi connectivity index (χ0v) is 7.75. The van der Waals surface area contributed by atoms with Gasteiger partial charge in [0.05, 0.1) is 0 Å². The van der Waals surface area contributed by atoms with Gasteiger partial charge in [-0.05, 0) is 21.0 Å². The summed E-state index contributed by atoms with van der Waals surface area (Å²) in [5.41, 5.74) is 0. The first-order valence-corrected chi connectivity index (χ1v) is 3.92. The van der Waals surface area contributed by atoms with Gasteiger partial charge in [-0.3, -0.25) is 0 Å². The van der Waals surface area contributed by atoms with E-state index in [0.29, 0.717) is 0 Å². The quantitative estimate of drug-likeness (QED) is 0.469. The van der Waals surface area contributed by atoms with Crippen LogP contribution in [0.15, 0.2) is 0 Å². The average Bonchev–Trinajstić information content (AvgIpc) is 2.02. The Labute approximate surface area is 70.2 Å². The number of likely N-dealkylation sites (N-methyl/N-ethyl adjacent to an activating group) is 2. The van der Waals surface area contributed by atoms with Crippen LogP contribution in [0.2, 0.25) is 0 Å². The Morgan fingerprint density at radius 1 is 1.18 bits per heavy atom. The molecule has 1 rings (SSSR count). The smallest absolute Gasteiger partial charge is 0.0192 e. The van der Waals surface area contributed by atoms with E-state index in [1.165, 1.54) is 19.6 Å². The van der Waals surface area contributed by atoms with Crippen LogP contribution in [-0.2, 0) is 0 Å². The molecule has 1 fully saturated rings. The summed E-state index contributed by atoms with van der Waals surface area (Å²) in [6, 6.07) is 0.740. The molecule has 1 heterocycles. The van der Waals surface area contributed by atoms with Crippen molar-refractivity contribution in [2.24, 2.45) is 0 Å². The predicted molar refractivity (Wildman–Crippen MR) is 49.5 cm³/mol. The molecule has 2 heteroatoms. The van der Waals surface area contributed by atoms with Gasteiger partial charge in [0, 0.05) is 25.7 Å². The van der Waals surface area contributed by atoms with Crippen LogP contribution >= 0.6 is 0 Å². The maximum atomic E-state index is 4.00. The van der Waals surface area contributed by atoms with E-state index in [2.05, 4.69) is 43.7 Å². The van der Waals surface area contributed by atoms with Crippen LogP contribution in [0.3, 0.4) is 0 Å². The highest BCUT2D eigenvalue weighted by Gasteiger charge is 2.16. The van der Waals surface area contributed by atoms with E-state index >= 15 is 0 Å². The lowest BCUT2D eigenvalue weighted by Gasteiger charge is -2.35. The minimum absolute atomic E-state index is 0.740. The van der Waals surface area contributed by atoms with Crippen molar-refractivity contribution in [1.29, 1.82) is 0 Å². The molecule has 0 radical (unpaired) electrons. The lowest BCUT2D eigenvalue weighted by molar-refractivity contribution is 0.125. The molecular formula is C9H18N2. The van der Waals surface area contributed by atoms with E-state index in [4.69, 9.17) is 0 Å². The molecule has 0 unspecified atom stereocenters. The highest BCUT2D eigenvalue weighted by molar-refractivity contribution is 4.73. The molecule has 0 spiro atoms. The Morgan fingerprint density at radius 2 is 1.73 bits per heavy atom. The Hall–Kier alpha value is -0.520. The third kappa shape index (κ3) is 3.41. The normalized spacial score (nSPS) is 27.2. The summed E-state index contributed by atoms with van der Waals surface area (Å²) in [6.45, 7) is 5.94. The first kappa shape index (κ1) is 10.5. The largest absolute Gasteiger partial charge is 0.304 e. The number of piperazine rings is 1. The molecule has 0 aromatic carbocycles. The molecule has 0 bridgehead atoms. The molecule has 11 heavy (non-hydrogen) atoms. The second kappa shape index (κ2) is 5.17. The van der Waals surface area contributed by atoms with Gasteiger partial charge in [-0.15, -0.1) is 12.8 Å². The van der Waals surface area contributed by atoms with Gasteiger partial charge in [0.2, 0.25) is 0 Å². The zero-order chi connectivity index (χ0) is 8.85. The van der Waals surface area contributed by atoms with Crippen LogP contribution < -0.4 is 0 Å². The summed E-state index contributed by atoms with van der Waals surface area (Å²) in [5.74, 6) is 0. The number of terminal acetylenes is 1. The monoisotopic (exact) mass is 154 g/mol. The van der Waals surface area contributed by atoms with Gasteiger partial charge in [-0.1, -0.05) is 0 Å². The summed E-state index contributed by atoms with van der Waals surface area (Å²) in [7, 11) is 4.38. The topological polar surface area (TPSA) is 6.48 Å². The summed E-state index contributed by atoms with van der Waals surface area (Å²) in [5, 5.41) is 0. The average molecular weight is 154 g/mol. The van der Waals surface area contributed by atoms with Crippen molar-refractivity contribution in [2.45, 2.75) is 13.0 Å². The second-order valence-electron chi connectivity index (χ2n) is 3.09. The van der Waals surface area contributed by atoms with Crippen molar-refractivity contribution in [3.63, 3.8) is 0 Å². The SMILES string of the molecule is C#C.C[C@H]1CN(C)CCN1C. The molecule has 1 saturated heterocycles. The lowest BCUT2D eigenvalue weighted by Crippen LogP contribution is -2.48. The fourth-order valence-electron chi connectivity index (χ4n) is 1.23. The maximum absolute atomic E-state index is 4.00. The van der Waals surface area contributed by atoms with Gasteiger partial charge in [0.15, 0.2) is 0 Å². The van der Waals surface area contributed by atoms with Crippen LogP contribution in [0.25, 0.3) is 0 Å². The fourth-order valence-corrected chi connectivity index (χ4v) is 1.23. The van der Waals surface area contributed by atoms with E-state index in [1.54, 1.807) is 0 Å². The molecule has 1 atom stereocenters. The molecule has 0 saturated carbocycles. The molecule has 0 aromatic rings. The molecule has 0 aliphatic carbocycles. The van der Waals surface area contributed by atoms with Crippen LogP contribution in [0.1, 0.15) is 6.92 Å². The molecule has 64 valence electrons. The highest BCUT2D eigenvalue weighted by atomic mass is 15.3. The molecule has 0 N–H and O–H groups in total. The van der Waals surface area contributed by atoms with Crippen molar-refractivity contribution < 1.29 is 0 Å². The molecule has 2 nitrogen and oxygen atoms in total. The molecule has 1 aliphatic heterocycles. The maximum Gasteiger partial charge on any atom is 0.0192 e. The van der Waals surface area contributed by atoms with Crippen LogP contribution in [0.5, 0.6) is 0 Å². The summed E-state index contributed by atoms with van der Waals surface area (Å²) >= 11 is 0. The Kier molecular flexibility index (Phi) is 4.93. The van der Waals surface area contributed by atoms with E-state index in [0.717, 1.165) is 6.04 Å². The van der Waals surface area contributed by atoms with Crippen molar-refractivity contribution in [3.05, 3.63) is 0 Å². The Bertz CT molecular complexity index is 120. The van der Waals surface area contributed by atoms with Gasteiger partial charge in [0.1, 0.15) is 0 Å². The number of nitrogens with zero attached hydrogens (tertiary/aromatic N) is 2. The lowest BCUT2D eigenvalue weighted by atomic mass is 10.2. The molecule has 0 aromatic heterocycles. The third-order valence-corrected chi connectivity index (χ3v) is 2.16. The standard InChI is InChI=1S/C7H16N2.C2H2/c1-7-6-8(2)4-5-9(7)3;1-2/h7H,4-6H2,1-3H3;1-2H/t7-;/m0./s1. The Balaban J connectivity index is 0.000000461. The second-order valence-corrected chi connectivity index (χ2v) is 3.09. The van der Waals surface area contributed by atoms with Crippen LogP contribution in [-0.4, -0.2) is 49.6 Å². The number of hydrogen-bond acceptors (Lipinski definition) is 2. The van der Waals surface area contributed by atoms with Gasteiger partial charge < -0.3 is 9.80 Å². The van der Waals surface area contributed by atoms with Gasteiger partial charge >= 0.3 is 0 Å². The first-order valence-electron chi connectivity index (χ1n) is 3.92. The summed E-state index contributed by atoms with van der Waals surface area (Å²) < 4.78 is 0. The number of rotatable bonds is 0. The van der Waals surface area contributed by atoms with E-state index in [9.17, 15) is 0 Å². The summed E-state index contributed by atoms with van der Waals surface area (Å²) in [4.78, 5) is 4.78. The van der Waals surface area contributed by atoms with Crippen molar-refractivity contribution in [3.8, 4) is 12.8 Å². The van der Waals surface area contributed by atoms with Crippen LogP contribution in [0.4, 0.5) is 0 Å². The van der Waals surface area contributed by atoms with Gasteiger partial charge in [-0.25, -0.2) is 0 Å². The summed E-state index contributed by atoms with van der Waals surface area (Å²) in [6.07, 6.45) is 8.00. The highest BCUT2D eigenvalue weighted by Crippen LogP contribution is 2.03. The minimum atomic E-state index is 0.740. The van der Waals surface area contributed by atoms with Crippen molar-refractivity contribution in [2.75, 3.05) is 33.7 Å². The van der Waals surface area contributed by atoms with E-state index < -0.39 is 0 Å². The van der Waals surface area contributed by atoms with Gasteiger partial charge in [-0.2, -0.15) is 0 Å². The van der Waals surface area contributed by atoms with Crippen LogP contribution in [0, 0.1) is 12.8 Å². The third-order valence-electron chi connectivity index (χ3n) is 2.16. The number of hydrogen-bond donors (Lipinski definition) is 0. The van der Waals surface area contributed by atoms with E-state index in [-0.39, 0.29) is 0 Å². The fraction of sp³-hybridized carbons (Fsp3) is 0.778. The first-order chi connectivity index (χ1) is 5.20.